The maximum absolute atomic E-state index is 14.6. The van der Waals surface area contributed by atoms with Crippen molar-refractivity contribution in [3.8, 4) is 28.7 Å². The van der Waals surface area contributed by atoms with Gasteiger partial charge in [0.25, 0.3) is 0 Å². The van der Waals surface area contributed by atoms with Crippen LogP contribution in [0.25, 0.3) is 11.1 Å². The Hall–Kier alpha value is -3.18. The van der Waals surface area contributed by atoms with E-state index in [0.717, 1.165) is 29.5 Å². The highest BCUT2D eigenvalue weighted by Crippen LogP contribution is 2.28. The van der Waals surface area contributed by atoms with Crippen molar-refractivity contribution >= 4 is 0 Å². The molecule has 3 aromatic rings. The summed E-state index contributed by atoms with van der Waals surface area (Å²) >= 11 is 0. The Morgan fingerprint density at radius 1 is 1.12 bits per heavy atom. The van der Waals surface area contributed by atoms with E-state index in [4.69, 9.17) is 9.47 Å². The van der Waals surface area contributed by atoms with Crippen LogP contribution >= 0.6 is 0 Å². The zero-order chi connectivity index (χ0) is 22.3. The van der Waals surface area contributed by atoms with Crippen LogP contribution in [0.3, 0.4) is 0 Å². The first kappa shape index (κ1) is 22.0. The minimum atomic E-state index is -0.503. The van der Waals surface area contributed by atoms with Gasteiger partial charge in [0.1, 0.15) is 24.6 Å². The molecule has 1 aromatic heterocycles. The summed E-state index contributed by atoms with van der Waals surface area (Å²) in [6.07, 6.45) is 4.75. The molecule has 7 heteroatoms. The molecule has 1 fully saturated rings. The molecule has 0 bridgehead atoms. The lowest BCUT2D eigenvalue weighted by Gasteiger charge is -2.23. The molecule has 2 heterocycles. The number of benzene rings is 2. The van der Waals surface area contributed by atoms with Crippen LogP contribution in [0.15, 0.2) is 54.9 Å². The Kier molecular flexibility index (Phi) is 7.17. The number of aliphatic hydroxyl groups excluding tert-OH is 2. The van der Waals surface area contributed by atoms with Crippen LogP contribution in [-0.4, -0.2) is 45.7 Å². The number of ether oxygens (including phenoxy) is 2. The SMILES string of the molecule is OCc1nccn1C(C#Cc1ccc(-c2ccc(OC3CCOCC3)c(F)c2)cc1)CO. The van der Waals surface area contributed by atoms with Gasteiger partial charge in [0, 0.05) is 30.8 Å². The van der Waals surface area contributed by atoms with Crippen LogP contribution in [0.2, 0.25) is 0 Å². The second kappa shape index (κ2) is 10.4. The number of hydrogen-bond acceptors (Lipinski definition) is 5. The highest BCUT2D eigenvalue weighted by Gasteiger charge is 2.17. The Bertz CT molecular complexity index is 1100. The molecule has 0 aliphatic carbocycles. The smallest absolute Gasteiger partial charge is 0.165 e. The predicted octanol–water partition coefficient (Wildman–Crippen LogP) is 3.32. The Morgan fingerprint density at radius 2 is 1.88 bits per heavy atom. The minimum absolute atomic E-state index is 0.0134. The van der Waals surface area contributed by atoms with E-state index in [0.29, 0.717) is 19.0 Å². The van der Waals surface area contributed by atoms with E-state index in [1.165, 1.54) is 6.07 Å². The minimum Gasteiger partial charge on any atom is -0.487 e. The quantitative estimate of drug-likeness (QED) is 0.580. The van der Waals surface area contributed by atoms with Gasteiger partial charge in [-0.1, -0.05) is 30.0 Å². The summed E-state index contributed by atoms with van der Waals surface area (Å²) < 4.78 is 27.3. The number of aliphatic hydroxyl groups is 2. The van der Waals surface area contributed by atoms with Gasteiger partial charge in [-0.15, -0.1) is 0 Å². The maximum Gasteiger partial charge on any atom is 0.165 e. The number of rotatable bonds is 6. The van der Waals surface area contributed by atoms with Gasteiger partial charge in [0.05, 0.1) is 19.8 Å². The van der Waals surface area contributed by atoms with E-state index in [1.807, 2.05) is 30.3 Å². The van der Waals surface area contributed by atoms with Crippen molar-refractivity contribution in [2.45, 2.75) is 31.6 Å². The van der Waals surface area contributed by atoms with Crippen LogP contribution in [0, 0.1) is 17.7 Å². The van der Waals surface area contributed by atoms with Gasteiger partial charge in [-0.25, -0.2) is 9.37 Å². The molecule has 1 aliphatic heterocycles. The lowest BCUT2D eigenvalue weighted by Crippen LogP contribution is -2.26. The van der Waals surface area contributed by atoms with Crippen molar-refractivity contribution < 1.29 is 24.1 Å². The molecule has 0 amide bonds. The molecule has 1 unspecified atom stereocenters. The molecule has 32 heavy (non-hydrogen) atoms. The summed E-state index contributed by atoms with van der Waals surface area (Å²) in [6, 6.07) is 11.9. The van der Waals surface area contributed by atoms with Crippen LogP contribution in [0.1, 0.15) is 30.3 Å². The van der Waals surface area contributed by atoms with Gasteiger partial charge in [-0.2, -0.15) is 0 Å². The second-order valence-electron chi connectivity index (χ2n) is 7.53. The van der Waals surface area contributed by atoms with E-state index in [9.17, 15) is 14.6 Å². The highest BCUT2D eigenvalue weighted by atomic mass is 19.1. The molecular formula is C25H25FN2O4. The van der Waals surface area contributed by atoms with Crippen molar-refractivity contribution in [2.24, 2.45) is 0 Å². The number of halogens is 1. The second-order valence-corrected chi connectivity index (χ2v) is 7.53. The lowest BCUT2D eigenvalue weighted by atomic mass is 10.0. The first-order valence-electron chi connectivity index (χ1n) is 10.6. The zero-order valence-electron chi connectivity index (χ0n) is 17.6. The molecule has 0 spiro atoms. The molecule has 1 saturated heterocycles. The molecule has 166 valence electrons. The summed E-state index contributed by atoms with van der Waals surface area (Å²) in [6.45, 7) is 0.860. The molecule has 6 nitrogen and oxygen atoms in total. The molecule has 1 aliphatic rings. The Morgan fingerprint density at radius 3 is 2.56 bits per heavy atom. The fourth-order valence-electron chi connectivity index (χ4n) is 3.62. The van der Waals surface area contributed by atoms with Crippen molar-refractivity contribution in [2.75, 3.05) is 19.8 Å². The molecule has 2 aromatic carbocycles. The fourth-order valence-corrected chi connectivity index (χ4v) is 3.62. The normalized spacial score (nSPS) is 15.1. The average molecular weight is 436 g/mol. The largest absolute Gasteiger partial charge is 0.487 e. The summed E-state index contributed by atoms with van der Waals surface area (Å²) in [7, 11) is 0. The van der Waals surface area contributed by atoms with Crippen LogP contribution in [0.4, 0.5) is 4.39 Å². The Labute approximate surface area is 186 Å². The topological polar surface area (TPSA) is 76.7 Å². The number of aromatic nitrogens is 2. The molecule has 4 rings (SSSR count). The maximum atomic E-state index is 14.6. The molecule has 0 radical (unpaired) electrons. The lowest BCUT2D eigenvalue weighted by molar-refractivity contribution is 0.0240. The molecule has 1 atom stereocenters. The van der Waals surface area contributed by atoms with E-state index in [2.05, 4.69) is 16.8 Å². The zero-order valence-corrected chi connectivity index (χ0v) is 17.6. The van der Waals surface area contributed by atoms with Crippen LogP contribution in [0.5, 0.6) is 5.75 Å². The predicted molar refractivity (Wildman–Crippen MR) is 117 cm³/mol. The van der Waals surface area contributed by atoms with Gasteiger partial charge < -0.3 is 24.3 Å². The standard InChI is InChI=1S/C25H25FN2O4/c26-23-15-20(6-8-24(23)32-22-9-13-31-14-10-22)19-4-1-18(2-5-19)3-7-21(16-29)28-12-11-27-25(28)17-30/h1-2,4-6,8,11-12,15,21-22,29-30H,9-10,13-14,16-17H2. The number of nitrogens with zero attached hydrogens (tertiary/aromatic N) is 2. The van der Waals surface area contributed by atoms with Crippen molar-refractivity contribution in [3.05, 3.63) is 72.1 Å². The van der Waals surface area contributed by atoms with Crippen LogP contribution < -0.4 is 4.74 Å². The van der Waals surface area contributed by atoms with Gasteiger partial charge in [-0.3, -0.25) is 0 Å². The van der Waals surface area contributed by atoms with Crippen LogP contribution in [-0.2, 0) is 11.3 Å². The fraction of sp³-hybridized carbons (Fsp3) is 0.320. The van der Waals surface area contributed by atoms with Gasteiger partial charge in [-0.05, 0) is 35.4 Å². The third kappa shape index (κ3) is 5.17. The average Bonchev–Trinajstić information content (AvgIpc) is 3.31. The van der Waals surface area contributed by atoms with E-state index >= 15 is 0 Å². The molecular weight excluding hydrogens is 411 g/mol. The van der Waals surface area contributed by atoms with Crippen molar-refractivity contribution in [3.63, 3.8) is 0 Å². The van der Waals surface area contributed by atoms with E-state index in [1.54, 1.807) is 23.0 Å². The number of hydrogen-bond donors (Lipinski definition) is 2. The monoisotopic (exact) mass is 436 g/mol. The summed E-state index contributed by atoms with van der Waals surface area (Å²) in [5, 5.41) is 19.0. The first-order chi connectivity index (χ1) is 15.7. The number of imidazole rings is 1. The van der Waals surface area contributed by atoms with Crippen molar-refractivity contribution in [1.82, 2.24) is 9.55 Å². The van der Waals surface area contributed by atoms with E-state index in [-0.39, 0.29) is 30.9 Å². The van der Waals surface area contributed by atoms with Gasteiger partial charge in [0.15, 0.2) is 11.6 Å². The molecule has 2 N–H and O–H groups in total. The summed E-state index contributed by atoms with van der Waals surface area (Å²) in [5.74, 6) is 6.36. The third-order valence-corrected chi connectivity index (χ3v) is 5.39. The summed E-state index contributed by atoms with van der Waals surface area (Å²) in [5.41, 5.74) is 2.38. The first-order valence-corrected chi connectivity index (χ1v) is 10.6. The van der Waals surface area contributed by atoms with Crippen molar-refractivity contribution in [1.29, 1.82) is 0 Å². The third-order valence-electron chi connectivity index (χ3n) is 5.39. The van der Waals surface area contributed by atoms with E-state index < -0.39 is 6.04 Å². The highest BCUT2D eigenvalue weighted by molar-refractivity contribution is 5.65. The molecule has 0 saturated carbocycles. The Balaban J connectivity index is 1.46. The van der Waals surface area contributed by atoms with Gasteiger partial charge >= 0.3 is 0 Å². The summed E-state index contributed by atoms with van der Waals surface area (Å²) in [4.78, 5) is 4.04. The van der Waals surface area contributed by atoms with Gasteiger partial charge in [0.2, 0.25) is 0 Å².